The minimum absolute atomic E-state index is 0.117. The molecule has 0 spiro atoms. The number of carboxylic acids is 1. The summed E-state index contributed by atoms with van der Waals surface area (Å²) in [4.78, 5) is 15.4. The molecule has 2 aromatic rings. The first-order valence-corrected chi connectivity index (χ1v) is 7.71. The Morgan fingerprint density at radius 2 is 2.17 bits per heavy atom. The van der Waals surface area contributed by atoms with Crippen molar-refractivity contribution in [3.63, 3.8) is 0 Å². The van der Waals surface area contributed by atoms with Crippen LogP contribution in [0.5, 0.6) is 5.88 Å². The number of aromatic nitrogens is 1. The van der Waals surface area contributed by atoms with E-state index in [2.05, 4.69) is 4.98 Å². The topological polar surface area (TPSA) is 68.7 Å². The molecule has 2 heterocycles. The summed E-state index contributed by atoms with van der Waals surface area (Å²) in [6.07, 6.45) is 2.27. The molecule has 1 aromatic carbocycles. The van der Waals surface area contributed by atoms with Crippen LogP contribution >= 0.6 is 11.6 Å². The van der Waals surface area contributed by atoms with Gasteiger partial charge >= 0.3 is 5.97 Å². The highest BCUT2D eigenvalue weighted by Gasteiger charge is 2.18. The lowest BCUT2D eigenvalue weighted by Gasteiger charge is -2.14. The van der Waals surface area contributed by atoms with Crippen molar-refractivity contribution in [1.29, 1.82) is 0 Å². The molecular weight excluding hydrogens is 318 g/mol. The Kier molecular flexibility index (Phi) is 4.79. The van der Waals surface area contributed by atoms with Crippen LogP contribution in [0.4, 0.5) is 0 Å². The fraction of sp³-hybridized carbons (Fsp3) is 0.294. The molecule has 1 aliphatic heterocycles. The van der Waals surface area contributed by atoms with Crippen LogP contribution in [0.15, 0.2) is 36.5 Å². The predicted octanol–water partition coefficient (Wildman–Crippen LogP) is 3.52. The molecule has 0 bridgehead atoms. The van der Waals surface area contributed by atoms with Gasteiger partial charge in [0.05, 0.1) is 18.8 Å². The molecule has 0 radical (unpaired) electrons. The smallest absolute Gasteiger partial charge is 0.337 e. The van der Waals surface area contributed by atoms with E-state index < -0.39 is 5.97 Å². The third kappa shape index (κ3) is 3.81. The summed E-state index contributed by atoms with van der Waals surface area (Å²) in [5.74, 6) is -0.262. The van der Waals surface area contributed by atoms with Gasteiger partial charge in [-0.25, -0.2) is 9.78 Å². The van der Waals surface area contributed by atoms with Crippen molar-refractivity contribution in [2.75, 3.05) is 19.8 Å². The molecule has 1 aromatic heterocycles. The van der Waals surface area contributed by atoms with E-state index in [1.807, 2.05) is 12.1 Å². The molecule has 0 saturated carbocycles. The maximum absolute atomic E-state index is 11.2. The Hall–Kier alpha value is -2.11. The lowest BCUT2D eigenvalue weighted by Crippen LogP contribution is -2.13. The Morgan fingerprint density at radius 1 is 1.39 bits per heavy atom. The van der Waals surface area contributed by atoms with Crippen molar-refractivity contribution in [2.45, 2.75) is 6.42 Å². The fourth-order valence-corrected chi connectivity index (χ4v) is 2.56. The first kappa shape index (κ1) is 15.8. The van der Waals surface area contributed by atoms with Crippen LogP contribution in [-0.2, 0) is 4.74 Å². The summed E-state index contributed by atoms with van der Waals surface area (Å²) in [6.45, 7) is 1.94. The van der Waals surface area contributed by atoms with E-state index in [0.717, 1.165) is 18.6 Å². The zero-order valence-electron chi connectivity index (χ0n) is 12.4. The molecule has 1 unspecified atom stereocenters. The van der Waals surface area contributed by atoms with Crippen molar-refractivity contribution in [3.05, 3.63) is 47.1 Å². The Balaban J connectivity index is 1.90. The van der Waals surface area contributed by atoms with Crippen LogP contribution in [0.3, 0.4) is 0 Å². The number of carboxylic acid groups (broad SMARTS) is 1. The standard InChI is InChI=1S/C17H16ClNO4/c18-14-3-1-12(2-4-14)15-7-13(17(20)21)8-19-16(15)23-10-11-5-6-22-9-11/h1-4,7-8,11H,5-6,9-10H2,(H,20,21). The van der Waals surface area contributed by atoms with Gasteiger partial charge in [-0.2, -0.15) is 0 Å². The average molecular weight is 334 g/mol. The van der Waals surface area contributed by atoms with E-state index >= 15 is 0 Å². The van der Waals surface area contributed by atoms with Crippen LogP contribution < -0.4 is 4.74 Å². The summed E-state index contributed by atoms with van der Waals surface area (Å²) < 4.78 is 11.2. The zero-order valence-corrected chi connectivity index (χ0v) is 13.1. The first-order chi connectivity index (χ1) is 11.1. The van der Waals surface area contributed by atoms with Crippen molar-refractivity contribution in [2.24, 2.45) is 5.92 Å². The molecule has 1 atom stereocenters. The number of rotatable bonds is 5. The number of aromatic carboxylic acids is 1. The van der Waals surface area contributed by atoms with Gasteiger partial charge in [0.2, 0.25) is 5.88 Å². The van der Waals surface area contributed by atoms with E-state index in [0.29, 0.717) is 35.6 Å². The highest BCUT2D eigenvalue weighted by molar-refractivity contribution is 6.30. The van der Waals surface area contributed by atoms with Gasteiger partial charge in [-0.1, -0.05) is 23.7 Å². The van der Waals surface area contributed by atoms with Gasteiger partial charge in [-0.05, 0) is 30.2 Å². The maximum atomic E-state index is 11.2. The number of benzene rings is 1. The molecule has 5 nitrogen and oxygen atoms in total. The molecule has 1 N–H and O–H groups in total. The number of hydrogen-bond acceptors (Lipinski definition) is 4. The Labute approximate surface area is 138 Å². The average Bonchev–Trinajstić information content (AvgIpc) is 3.07. The summed E-state index contributed by atoms with van der Waals surface area (Å²) in [6, 6.07) is 8.70. The molecular formula is C17H16ClNO4. The molecule has 0 amide bonds. The third-order valence-corrected chi connectivity index (χ3v) is 3.99. The van der Waals surface area contributed by atoms with Gasteiger partial charge in [0.1, 0.15) is 0 Å². The van der Waals surface area contributed by atoms with Crippen molar-refractivity contribution in [3.8, 4) is 17.0 Å². The van der Waals surface area contributed by atoms with Crippen LogP contribution in [-0.4, -0.2) is 35.9 Å². The highest BCUT2D eigenvalue weighted by Crippen LogP contribution is 2.30. The number of halogens is 1. The van der Waals surface area contributed by atoms with Gasteiger partial charge < -0.3 is 14.6 Å². The first-order valence-electron chi connectivity index (χ1n) is 7.33. The quantitative estimate of drug-likeness (QED) is 0.906. The van der Waals surface area contributed by atoms with E-state index in [-0.39, 0.29) is 5.56 Å². The predicted molar refractivity (Wildman–Crippen MR) is 86.1 cm³/mol. The Bertz CT molecular complexity index is 696. The van der Waals surface area contributed by atoms with E-state index in [9.17, 15) is 9.90 Å². The Morgan fingerprint density at radius 3 is 2.83 bits per heavy atom. The summed E-state index contributed by atoms with van der Waals surface area (Å²) >= 11 is 5.91. The van der Waals surface area contributed by atoms with Gasteiger partial charge in [0.15, 0.2) is 0 Å². The number of hydrogen-bond donors (Lipinski definition) is 1. The monoisotopic (exact) mass is 333 g/mol. The fourth-order valence-electron chi connectivity index (χ4n) is 2.43. The van der Waals surface area contributed by atoms with Gasteiger partial charge in [-0.15, -0.1) is 0 Å². The SMILES string of the molecule is O=C(O)c1cnc(OCC2CCOC2)c(-c2ccc(Cl)cc2)c1. The van der Waals surface area contributed by atoms with Crippen molar-refractivity contribution >= 4 is 17.6 Å². The summed E-state index contributed by atoms with van der Waals surface area (Å²) in [7, 11) is 0. The molecule has 1 saturated heterocycles. The second-order valence-corrected chi connectivity index (χ2v) is 5.87. The molecule has 1 fully saturated rings. The second-order valence-electron chi connectivity index (χ2n) is 5.43. The van der Waals surface area contributed by atoms with Crippen molar-refractivity contribution in [1.82, 2.24) is 4.98 Å². The number of pyridine rings is 1. The zero-order chi connectivity index (χ0) is 16.2. The van der Waals surface area contributed by atoms with Crippen molar-refractivity contribution < 1.29 is 19.4 Å². The molecule has 120 valence electrons. The van der Waals surface area contributed by atoms with E-state index in [4.69, 9.17) is 21.1 Å². The van der Waals surface area contributed by atoms with Crippen LogP contribution in [0.1, 0.15) is 16.8 Å². The highest BCUT2D eigenvalue weighted by atomic mass is 35.5. The maximum Gasteiger partial charge on any atom is 0.337 e. The van der Waals surface area contributed by atoms with Crippen LogP contribution in [0, 0.1) is 5.92 Å². The number of carbonyl (C=O) groups is 1. The normalized spacial score (nSPS) is 17.2. The van der Waals surface area contributed by atoms with Crippen LogP contribution in [0.2, 0.25) is 5.02 Å². The molecule has 0 aliphatic carbocycles. The number of ether oxygens (including phenoxy) is 2. The molecule has 3 rings (SSSR count). The lowest BCUT2D eigenvalue weighted by atomic mass is 10.1. The molecule has 6 heteroatoms. The minimum Gasteiger partial charge on any atom is -0.478 e. The molecule has 23 heavy (non-hydrogen) atoms. The summed E-state index contributed by atoms with van der Waals surface area (Å²) in [5.41, 5.74) is 1.56. The van der Waals surface area contributed by atoms with E-state index in [1.165, 1.54) is 6.20 Å². The van der Waals surface area contributed by atoms with Gasteiger partial charge in [-0.3, -0.25) is 0 Å². The minimum atomic E-state index is -1.02. The lowest BCUT2D eigenvalue weighted by molar-refractivity contribution is 0.0696. The van der Waals surface area contributed by atoms with Gasteiger partial charge in [0.25, 0.3) is 0 Å². The van der Waals surface area contributed by atoms with Crippen LogP contribution in [0.25, 0.3) is 11.1 Å². The second kappa shape index (κ2) is 6.98. The van der Waals surface area contributed by atoms with Gasteiger partial charge in [0, 0.05) is 29.3 Å². The largest absolute Gasteiger partial charge is 0.478 e. The summed E-state index contributed by atoms with van der Waals surface area (Å²) in [5, 5.41) is 9.79. The van der Waals surface area contributed by atoms with E-state index in [1.54, 1.807) is 18.2 Å². The molecule has 1 aliphatic rings. The third-order valence-electron chi connectivity index (χ3n) is 3.73. The number of nitrogens with zero attached hydrogens (tertiary/aromatic N) is 1.